The summed E-state index contributed by atoms with van der Waals surface area (Å²) in [5, 5.41) is 3.98. The fourth-order valence-electron chi connectivity index (χ4n) is 2.16. The Morgan fingerprint density at radius 3 is 3.13 bits per heavy atom. The van der Waals surface area contributed by atoms with E-state index in [1.165, 1.54) is 19.3 Å². The molecular formula is C13H19NS. The zero-order valence-corrected chi connectivity index (χ0v) is 10.4. The summed E-state index contributed by atoms with van der Waals surface area (Å²) >= 11 is 2.06. The van der Waals surface area contributed by atoms with Gasteiger partial charge >= 0.3 is 0 Å². The molecule has 0 aromatic heterocycles. The maximum atomic E-state index is 3.21. The average Bonchev–Trinajstić information content (AvgIpc) is 2.59. The number of aryl methyl sites for hydroxylation is 1. The first-order chi connectivity index (χ1) is 7.31. The molecule has 1 aromatic carbocycles. The van der Waals surface area contributed by atoms with Gasteiger partial charge in [0, 0.05) is 10.1 Å². The van der Waals surface area contributed by atoms with Crippen LogP contribution in [-0.4, -0.2) is 18.8 Å². The van der Waals surface area contributed by atoms with Gasteiger partial charge in [-0.05, 0) is 44.0 Å². The largest absolute Gasteiger partial charge is 0.320 e. The molecule has 0 spiro atoms. The van der Waals surface area contributed by atoms with Crippen LogP contribution in [-0.2, 0) is 12.8 Å². The number of benzene rings is 1. The van der Waals surface area contributed by atoms with Crippen LogP contribution in [0.3, 0.4) is 0 Å². The Balaban J connectivity index is 2.09. The molecule has 1 heterocycles. The van der Waals surface area contributed by atoms with Crippen LogP contribution in [0.25, 0.3) is 0 Å². The van der Waals surface area contributed by atoms with Crippen LogP contribution >= 0.6 is 11.8 Å². The van der Waals surface area contributed by atoms with E-state index in [9.17, 15) is 0 Å². The van der Waals surface area contributed by atoms with Crippen molar-refractivity contribution >= 4 is 11.8 Å². The smallest absolute Gasteiger partial charge is 0.0139 e. The highest BCUT2D eigenvalue weighted by molar-refractivity contribution is 8.00. The molecular weight excluding hydrogens is 202 g/mol. The molecule has 1 unspecified atom stereocenters. The van der Waals surface area contributed by atoms with Crippen molar-refractivity contribution in [1.29, 1.82) is 0 Å². The van der Waals surface area contributed by atoms with Gasteiger partial charge in [-0.1, -0.05) is 25.1 Å². The number of thioether (sulfide) groups is 1. The zero-order valence-electron chi connectivity index (χ0n) is 9.55. The molecule has 1 aromatic rings. The van der Waals surface area contributed by atoms with E-state index in [0.717, 1.165) is 11.8 Å². The zero-order chi connectivity index (χ0) is 10.7. The lowest BCUT2D eigenvalue weighted by Gasteiger charge is -2.07. The van der Waals surface area contributed by atoms with Gasteiger partial charge in [0.25, 0.3) is 0 Å². The molecule has 15 heavy (non-hydrogen) atoms. The monoisotopic (exact) mass is 221 g/mol. The van der Waals surface area contributed by atoms with Gasteiger partial charge in [0.15, 0.2) is 0 Å². The number of hydrogen-bond acceptors (Lipinski definition) is 2. The van der Waals surface area contributed by atoms with Crippen molar-refractivity contribution in [2.45, 2.75) is 36.3 Å². The molecule has 82 valence electrons. The summed E-state index contributed by atoms with van der Waals surface area (Å²) in [6.07, 6.45) is 3.70. The number of nitrogens with one attached hydrogen (secondary N) is 1. The molecule has 0 fully saturated rings. The van der Waals surface area contributed by atoms with Gasteiger partial charge in [-0.3, -0.25) is 0 Å². The summed E-state index contributed by atoms with van der Waals surface area (Å²) in [4.78, 5) is 1.57. The van der Waals surface area contributed by atoms with Gasteiger partial charge in [-0.2, -0.15) is 0 Å². The average molecular weight is 221 g/mol. The van der Waals surface area contributed by atoms with Gasteiger partial charge in [-0.15, -0.1) is 11.8 Å². The summed E-state index contributed by atoms with van der Waals surface area (Å²) in [6, 6.07) is 6.79. The normalized spacial score (nSPS) is 19.2. The van der Waals surface area contributed by atoms with E-state index in [1.54, 1.807) is 16.0 Å². The van der Waals surface area contributed by atoms with E-state index in [0.29, 0.717) is 0 Å². The first kappa shape index (κ1) is 11.0. The predicted octanol–water partition coefficient (Wildman–Crippen LogP) is 2.88. The van der Waals surface area contributed by atoms with Gasteiger partial charge in [0.05, 0.1) is 0 Å². The van der Waals surface area contributed by atoms with Crippen molar-refractivity contribution in [2.24, 2.45) is 0 Å². The van der Waals surface area contributed by atoms with Gasteiger partial charge < -0.3 is 5.32 Å². The van der Waals surface area contributed by atoms with Crippen molar-refractivity contribution < 1.29 is 0 Å². The molecule has 2 heteroatoms. The van der Waals surface area contributed by atoms with Gasteiger partial charge in [0.1, 0.15) is 0 Å². The standard InChI is InChI=1S/C13H19NS/c1-10-9-12-6-3-5-11(13(12)15-10)7-4-8-14-2/h3,5-6,10,14H,4,7-9H2,1-2H3. The van der Waals surface area contributed by atoms with E-state index in [-0.39, 0.29) is 0 Å². The lowest BCUT2D eigenvalue weighted by molar-refractivity contribution is 0.719. The first-order valence-corrected chi connectivity index (χ1v) is 6.61. The number of rotatable bonds is 4. The van der Waals surface area contributed by atoms with E-state index in [4.69, 9.17) is 0 Å². The lowest BCUT2D eigenvalue weighted by Crippen LogP contribution is -2.08. The molecule has 2 rings (SSSR count). The second-order valence-electron chi connectivity index (χ2n) is 4.25. The van der Waals surface area contributed by atoms with E-state index in [1.807, 2.05) is 7.05 Å². The maximum Gasteiger partial charge on any atom is 0.0139 e. The molecule has 0 saturated carbocycles. The van der Waals surface area contributed by atoms with Crippen molar-refractivity contribution in [2.75, 3.05) is 13.6 Å². The third-order valence-corrected chi connectivity index (χ3v) is 4.21. The Morgan fingerprint density at radius 2 is 2.33 bits per heavy atom. The van der Waals surface area contributed by atoms with Crippen LogP contribution in [0, 0.1) is 0 Å². The minimum atomic E-state index is 0.769. The molecule has 0 radical (unpaired) electrons. The Hall–Kier alpha value is -0.470. The summed E-state index contributed by atoms with van der Waals surface area (Å²) in [6.45, 7) is 3.44. The fourth-order valence-corrected chi connectivity index (χ4v) is 3.44. The second kappa shape index (κ2) is 5.04. The van der Waals surface area contributed by atoms with E-state index >= 15 is 0 Å². The molecule has 1 aliphatic rings. The molecule has 0 saturated heterocycles. The van der Waals surface area contributed by atoms with Crippen molar-refractivity contribution in [3.8, 4) is 0 Å². The minimum absolute atomic E-state index is 0.769. The van der Waals surface area contributed by atoms with E-state index < -0.39 is 0 Å². The van der Waals surface area contributed by atoms with Crippen molar-refractivity contribution in [3.05, 3.63) is 29.3 Å². The summed E-state index contributed by atoms with van der Waals surface area (Å²) < 4.78 is 0. The third kappa shape index (κ3) is 2.56. The molecule has 1 aliphatic heterocycles. The Morgan fingerprint density at radius 1 is 1.47 bits per heavy atom. The van der Waals surface area contributed by atoms with Crippen molar-refractivity contribution in [1.82, 2.24) is 5.32 Å². The molecule has 1 atom stereocenters. The maximum absolute atomic E-state index is 3.21. The first-order valence-electron chi connectivity index (χ1n) is 5.73. The summed E-state index contributed by atoms with van der Waals surface area (Å²) in [7, 11) is 2.02. The minimum Gasteiger partial charge on any atom is -0.320 e. The van der Waals surface area contributed by atoms with Crippen LogP contribution < -0.4 is 5.32 Å². The highest BCUT2D eigenvalue weighted by Crippen LogP contribution is 2.39. The van der Waals surface area contributed by atoms with Gasteiger partial charge in [0.2, 0.25) is 0 Å². The third-order valence-electron chi connectivity index (χ3n) is 2.88. The molecule has 0 bridgehead atoms. The predicted molar refractivity (Wildman–Crippen MR) is 67.7 cm³/mol. The van der Waals surface area contributed by atoms with Crippen LogP contribution in [0.4, 0.5) is 0 Å². The Bertz CT molecular complexity index is 335. The van der Waals surface area contributed by atoms with Crippen LogP contribution in [0.1, 0.15) is 24.5 Å². The van der Waals surface area contributed by atoms with Crippen LogP contribution in [0.2, 0.25) is 0 Å². The Labute approximate surface area is 96.7 Å². The van der Waals surface area contributed by atoms with Crippen LogP contribution in [0.5, 0.6) is 0 Å². The highest BCUT2D eigenvalue weighted by Gasteiger charge is 2.20. The van der Waals surface area contributed by atoms with Crippen molar-refractivity contribution in [3.63, 3.8) is 0 Å². The van der Waals surface area contributed by atoms with Gasteiger partial charge in [-0.25, -0.2) is 0 Å². The number of fused-ring (bicyclic) bond motifs is 1. The highest BCUT2D eigenvalue weighted by atomic mass is 32.2. The topological polar surface area (TPSA) is 12.0 Å². The molecule has 1 nitrogen and oxygen atoms in total. The lowest BCUT2D eigenvalue weighted by atomic mass is 10.0. The quantitative estimate of drug-likeness (QED) is 0.785. The van der Waals surface area contributed by atoms with E-state index in [2.05, 4.69) is 42.2 Å². The molecule has 1 N–H and O–H groups in total. The number of hydrogen-bond donors (Lipinski definition) is 1. The second-order valence-corrected chi connectivity index (χ2v) is 5.69. The fraction of sp³-hybridized carbons (Fsp3) is 0.538. The van der Waals surface area contributed by atoms with Crippen LogP contribution in [0.15, 0.2) is 23.1 Å². The Kier molecular flexibility index (Phi) is 3.71. The summed E-state index contributed by atoms with van der Waals surface area (Å²) in [5.41, 5.74) is 3.12. The molecule has 0 amide bonds. The SMILES string of the molecule is CNCCCc1cccc2c1SC(C)C2. The molecule has 0 aliphatic carbocycles. The summed E-state index contributed by atoms with van der Waals surface area (Å²) in [5.74, 6) is 0.